The number of fused-ring (bicyclic) bond motifs is 1. The van der Waals surface area contributed by atoms with Crippen LogP contribution in [0, 0.1) is 11.3 Å². The summed E-state index contributed by atoms with van der Waals surface area (Å²) in [6.45, 7) is 0.899. The number of rotatable bonds is 3. The Morgan fingerprint density at radius 1 is 1.27 bits per heavy atom. The van der Waals surface area contributed by atoms with Gasteiger partial charge in [-0.05, 0) is 23.9 Å². The van der Waals surface area contributed by atoms with E-state index in [1.54, 1.807) is 0 Å². The van der Waals surface area contributed by atoms with Gasteiger partial charge in [0.1, 0.15) is 0 Å². The zero-order valence-electron chi connectivity index (χ0n) is 8.39. The predicted octanol–water partition coefficient (Wildman–Crippen LogP) is 3.25. The van der Waals surface area contributed by atoms with Gasteiger partial charge in [-0.1, -0.05) is 18.2 Å². The van der Waals surface area contributed by atoms with Crippen LogP contribution >= 0.6 is 0 Å². The van der Waals surface area contributed by atoms with Crippen LogP contribution in [0.5, 0.6) is 0 Å². The number of nitrogens with zero attached hydrogens (tertiary/aromatic N) is 2. The van der Waals surface area contributed by atoms with Crippen LogP contribution in [0.15, 0.2) is 36.5 Å². The highest BCUT2D eigenvalue weighted by Gasteiger charge is 1.99. The van der Waals surface area contributed by atoms with E-state index in [-0.39, 0.29) is 0 Å². The summed E-state index contributed by atoms with van der Waals surface area (Å²) in [6.07, 6.45) is 3.58. The molecule has 76 valence electrons. The van der Waals surface area contributed by atoms with Crippen molar-refractivity contribution in [2.24, 2.45) is 0 Å². The molecule has 1 aromatic carbocycles. The van der Waals surface area contributed by atoms with Crippen molar-refractivity contribution < 1.29 is 0 Å². The van der Waals surface area contributed by atoms with Gasteiger partial charge in [-0.2, -0.15) is 0 Å². The lowest BCUT2D eigenvalue weighted by Crippen LogP contribution is -1.94. The monoisotopic (exact) mass is 200 g/mol. The summed E-state index contributed by atoms with van der Waals surface area (Å²) in [6, 6.07) is 12.8. The molecule has 0 saturated carbocycles. The van der Waals surface area contributed by atoms with E-state index in [0.717, 1.165) is 13.0 Å². The lowest BCUT2D eigenvalue weighted by molar-refractivity contribution is 0.676. The van der Waals surface area contributed by atoms with E-state index in [1.807, 2.05) is 12.1 Å². The molecule has 0 aliphatic heterocycles. The van der Waals surface area contributed by atoms with Crippen molar-refractivity contribution in [3.8, 4) is 6.07 Å². The molecule has 0 aliphatic carbocycles. The molecular weight excluding hydrogens is 188 g/mol. The smallest absolute Gasteiger partial charge is 0.298 e. The highest BCUT2D eigenvalue weighted by Crippen LogP contribution is 2.15. The van der Waals surface area contributed by atoms with Crippen molar-refractivity contribution in [3.05, 3.63) is 46.7 Å². The minimum absolute atomic E-state index is 0.621. The third-order valence-corrected chi connectivity index (χ3v) is 2.43. The summed E-state index contributed by atoms with van der Waals surface area (Å²) < 4.78 is 2.18. The van der Waals surface area contributed by atoms with Gasteiger partial charge < -0.3 is 9.77 Å². The molecule has 0 radical (unpaired) electrons. The largest absolute Gasteiger partial charge is 0.498 e. The molecule has 0 amide bonds. The Labute approximate surface area is 88.3 Å². The summed E-state index contributed by atoms with van der Waals surface area (Å²) in [4.78, 5) is 0. The summed E-state index contributed by atoms with van der Waals surface area (Å²) in [5.41, 5.74) is 1.23. The Balaban J connectivity index is 2.10. The number of aryl methyl sites for hydroxylation is 1. The van der Waals surface area contributed by atoms with Crippen LogP contribution in [-0.4, -0.2) is 4.57 Å². The summed E-state index contributed by atoms with van der Waals surface area (Å²) in [5.74, 6) is 0. The first-order valence-corrected chi connectivity index (χ1v) is 5.01. The lowest BCUT2D eigenvalue weighted by atomic mass is 10.2. The van der Waals surface area contributed by atoms with Gasteiger partial charge in [-0.15, -0.1) is 0 Å². The highest BCUT2D eigenvalue weighted by molar-refractivity contribution is 5.79. The molecule has 0 aliphatic rings. The van der Waals surface area contributed by atoms with Gasteiger partial charge in [0.05, 0.1) is 6.42 Å². The van der Waals surface area contributed by atoms with Crippen molar-refractivity contribution in [1.29, 1.82) is 0 Å². The van der Waals surface area contributed by atoms with Crippen LogP contribution in [0.2, 0.25) is 0 Å². The zero-order valence-corrected chi connectivity index (χ0v) is 8.39. The Morgan fingerprint density at radius 3 is 3.00 bits per heavy atom. The normalized spacial score (nSPS) is 9.87. The molecule has 0 fully saturated rings. The zero-order chi connectivity index (χ0) is 10.5. The molecular formula is C12H12N2O. The predicted molar refractivity (Wildman–Crippen MR) is 61.8 cm³/mol. The van der Waals surface area contributed by atoms with Crippen molar-refractivity contribution in [2.75, 3.05) is 0 Å². The molecule has 2 aromatic rings. The topological polar surface area (TPSA) is 32.3 Å². The molecule has 3 heteroatoms. The highest BCUT2D eigenvalue weighted by atomic mass is 16.4. The Morgan fingerprint density at radius 2 is 2.13 bits per heavy atom. The fourth-order valence-corrected chi connectivity index (χ4v) is 1.71. The van der Waals surface area contributed by atoms with E-state index < -0.39 is 0 Å². The van der Waals surface area contributed by atoms with Gasteiger partial charge >= 0.3 is 0 Å². The first kappa shape index (κ1) is 9.60. The van der Waals surface area contributed by atoms with Gasteiger partial charge in [0.2, 0.25) is 0 Å². The third-order valence-electron chi connectivity index (χ3n) is 2.43. The average Bonchev–Trinajstić information content (AvgIpc) is 2.68. The Kier molecular flexibility index (Phi) is 2.89. The quantitative estimate of drug-likeness (QED) is 0.553. The van der Waals surface area contributed by atoms with E-state index in [2.05, 4.69) is 40.0 Å². The number of para-hydroxylation sites is 1. The molecule has 0 atom stereocenters. The number of hydrogen-bond donors (Lipinski definition) is 0. The van der Waals surface area contributed by atoms with Gasteiger partial charge in [0, 0.05) is 23.3 Å². The van der Waals surface area contributed by atoms with Crippen LogP contribution < -0.4 is 0 Å². The lowest BCUT2D eigenvalue weighted by Gasteiger charge is -2.01. The maximum absolute atomic E-state index is 9.81. The summed E-state index contributed by atoms with van der Waals surface area (Å²) in [7, 11) is 0. The SMILES string of the molecule is [O-][N+]#CCCCn1ccc2ccccc21. The number of benzene rings is 1. The van der Waals surface area contributed by atoms with Crippen molar-refractivity contribution in [1.82, 2.24) is 4.57 Å². The Bertz CT molecular complexity index is 505. The minimum atomic E-state index is 0.621. The van der Waals surface area contributed by atoms with Crippen LogP contribution in [0.1, 0.15) is 12.8 Å². The van der Waals surface area contributed by atoms with Crippen molar-refractivity contribution in [2.45, 2.75) is 19.4 Å². The first-order valence-electron chi connectivity index (χ1n) is 5.01. The molecule has 3 nitrogen and oxygen atoms in total. The molecule has 0 unspecified atom stereocenters. The van der Waals surface area contributed by atoms with Gasteiger partial charge in [-0.3, -0.25) is 0 Å². The van der Waals surface area contributed by atoms with E-state index in [0.29, 0.717) is 6.42 Å². The van der Waals surface area contributed by atoms with Crippen molar-refractivity contribution in [3.63, 3.8) is 0 Å². The number of unbranched alkanes of at least 4 members (excludes halogenated alkanes) is 1. The van der Waals surface area contributed by atoms with E-state index in [9.17, 15) is 5.21 Å². The molecule has 2 rings (SSSR count). The van der Waals surface area contributed by atoms with Crippen molar-refractivity contribution >= 4 is 10.9 Å². The van der Waals surface area contributed by atoms with E-state index in [1.165, 1.54) is 10.9 Å². The fraction of sp³-hybridized carbons (Fsp3) is 0.250. The molecule has 1 heterocycles. The first-order chi connectivity index (χ1) is 7.42. The average molecular weight is 200 g/mol. The molecule has 1 aromatic heterocycles. The third kappa shape index (κ3) is 2.10. The second-order valence-electron chi connectivity index (χ2n) is 3.42. The molecule has 0 N–H and O–H groups in total. The molecule has 15 heavy (non-hydrogen) atoms. The minimum Gasteiger partial charge on any atom is -0.498 e. The maximum Gasteiger partial charge on any atom is 0.298 e. The number of aromatic nitrogens is 1. The summed E-state index contributed by atoms with van der Waals surface area (Å²) in [5, 5.41) is 13.7. The number of hydrogen-bond acceptors (Lipinski definition) is 1. The summed E-state index contributed by atoms with van der Waals surface area (Å²) >= 11 is 0. The van der Waals surface area contributed by atoms with Gasteiger partial charge in [0.25, 0.3) is 6.07 Å². The maximum atomic E-state index is 9.81. The fourth-order valence-electron chi connectivity index (χ4n) is 1.71. The standard InChI is InChI=1S/C12H12N2O/c15-13-8-3-4-9-14-10-7-11-5-1-2-6-12(11)14/h1-2,5-7,10H,3-4,9H2. The van der Waals surface area contributed by atoms with Crippen LogP contribution in [0.25, 0.3) is 15.9 Å². The van der Waals surface area contributed by atoms with E-state index >= 15 is 0 Å². The van der Waals surface area contributed by atoms with Crippen LogP contribution in [0.4, 0.5) is 0 Å². The molecule has 0 spiro atoms. The second-order valence-corrected chi connectivity index (χ2v) is 3.42. The van der Waals surface area contributed by atoms with Gasteiger partial charge in [-0.25, -0.2) is 0 Å². The molecule has 0 bridgehead atoms. The van der Waals surface area contributed by atoms with Crippen LogP contribution in [-0.2, 0) is 6.54 Å². The van der Waals surface area contributed by atoms with E-state index in [4.69, 9.17) is 0 Å². The second kappa shape index (κ2) is 4.52. The van der Waals surface area contributed by atoms with Gasteiger partial charge in [0.15, 0.2) is 0 Å². The van der Waals surface area contributed by atoms with Crippen LogP contribution in [0.3, 0.4) is 0 Å². The molecule has 0 saturated heterocycles. The Hall–Kier alpha value is -1.95.